The molecule has 0 aliphatic heterocycles. The van der Waals surface area contributed by atoms with E-state index in [0.717, 1.165) is 22.2 Å². The Kier molecular flexibility index (Phi) is 4.70. The molecule has 0 aliphatic rings. The highest BCUT2D eigenvalue weighted by Gasteiger charge is 2.10. The van der Waals surface area contributed by atoms with Crippen molar-refractivity contribution in [3.63, 3.8) is 0 Å². The van der Waals surface area contributed by atoms with E-state index < -0.39 is 0 Å². The van der Waals surface area contributed by atoms with E-state index in [1.54, 1.807) is 12.3 Å². The van der Waals surface area contributed by atoms with Crippen molar-refractivity contribution in [3.05, 3.63) is 90.5 Å². The normalized spacial score (nSPS) is 10.5. The zero-order valence-corrected chi connectivity index (χ0v) is 14.5. The number of benzene rings is 2. The molecule has 0 fully saturated rings. The summed E-state index contributed by atoms with van der Waals surface area (Å²) in [5.41, 5.74) is 3.11. The number of hydrogen-bond acceptors (Lipinski definition) is 5. The number of anilines is 2. The smallest absolute Gasteiger partial charge is 0.270 e. The van der Waals surface area contributed by atoms with E-state index >= 15 is 0 Å². The summed E-state index contributed by atoms with van der Waals surface area (Å²) in [6.07, 6.45) is 3.12. The van der Waals surface area contributed by atoms with Gasteiger partial charge in [-0.1, -0.05) is 36.4 Å². The van der Waals surface area contributed by atoms with Crippen molar-refractivity contribution in [1.29, 1.82) is 0 Å². The van der Waals surface area contributed by atoms with Crippen LogP contribution in [0.3, 0.4) is 0 Å². The molecular formula is C21H17N5O. The summed E-state index contributed by atoms with van der Waals surface area (Å²) < 4.78 is 0. The molecule has 4 aromatic rings. The molecule has 0 saturated heterocycles. The van der Waals surface area contributed by atoms with E-state index in [2.05, 4.69) is 25.6 Å². The Morgan fingerprint density at radius 2 is 1.70 bits per heavy atom. The van der Waals surface area contributed by atoms with Crippen molar-refractivity contribution >= 4 is 28.3 Å². The van der Waals surface area contributed by atoms with E-state index in [9.17, 15) is 4.79 Å². The number of carbonyl (C=O) groups is 1. The van der Waals surface area contributed by atoms with E-state index in [0.29, 0.717) is 18.1 Å². The lowest BCUT2D eigenvalue weighted by Gasteiger charge is -2.09. The Bertz CT molecular complexity index is 1080. The lowest BCUT2D eigenvalue weighted by atomic mass is 10.1. The Morgan fingerprint density at radius 1 is 0.889 bits per heavy atom. The number of rotatable bonds is 5. The summed E-state index contributed by atoms with van der Waals surface area (Å²) in [5, 5.41) is 7.09. The van der Waals surface area contributed by atoms with Gasteiger partial charge in [-0.3, -0.25) is 9.78 Å². The first-order valence-electron chi connectivity index (χ1n) is 8.54. The van der Waals surface area contributed by atoms with Crippen molar-refractivity contribution in [1.82, 2.24) is 20.3 Å². The Morgan fingerprint density at radius 3 is 2.59 bits per heavy atom. The molecule has 4 rings (SSSR count). The summed E-state index contributed by atoms with van der Waals surface area (Å²) in [5.74, 6) is 0.310. The molecule has 2 aromatic carbocycles. The molecule has 0 unspecified atom stereocenters. The monoisotopic (exact) mass is 355 g/mol. The highest BCUT2D eigenvalue weighted by molar-refractivity contribution is 5.93. The van der Waals surface area contributed by atoms with Gasteiger partial charge < -0.3 is 10.6 Å². The van der Waals surface area contributed by atoms with Gasteiger partial charge in [-0.05, 0) is 29.8 Å². The van der Waals surface area contributed by atoms with E-state index in [1.807, 2.05) is 60.7 Å². The van der Waals surface area contributed by atoms with Gasteiger partial charge in [-0.2, -0.15) is 0 Å². The van der Waals surface area contributed by atoms with Gasteiger partial charge in [0.1, 0.15) is 17.8 Å². The number of nitrogens with zero attached hydrogens (tertiary/aromatic N) is 3. The molecule has 6 heteroatoms. The molecule has 27 heavy (non-hydrogen) atoms. The molecule has 0 radical (unpaired) electrons. The van der Waals surface area contributed by atoms with E-state index in [-0.39, 0.29) is 5.91 Å². The Labute approximate surface area is 156 Å². The lowest BCUT2D eigenvalue weighted by molar-refractivity contribution is 0.0946. The maximum Gasteiger partial charge on any atom is 0.270 e. The van der Waals surface area contributed by atoms with Gasteiger partial charge in [-0.25, -0.2) is 9.97 Å². The van der Waals surface area contributed by atoms with Crippen LogP contribution in [0.1, 0.15) is 16.1 Å². The predicted molar refractivity (Wildman–Crippen MR) is 105 cm³/mol. The van der Waals surface area contributed by atoms with Gasteiger partial charge in [0.2, 0.25) is 0 Å². The minimum atomic E-state index is -0.255. The number of fused-ring (bicyclic) bond motifs is 1. The van der Waals surface area contributed by atoms with E-state index in [1.165, 1.54) is 6.33 Å². The van der Waals surface area contributed by atoms with Crippen LogP contribution in [0.15, 0.2) is 79.3 Å². The van der Waals surface area contributed by atoms with Gasteiger partial charge >= 0.3 is 0 Å². The molecule has 0 aliphatic carbocycles. The van der Waals surface area contributed by atoms with Crippen molar-refractivity contribution in [2.45, 2.75) is 6.54 Å². The fraction of sp³-hybridized carbons (Fsp3) is 0.0476. The average molecular weight is 355 g/mol. The zero-order chi connectivity index (χ0) is 18.5. The van der Waals surface area contributed by atoms with Gasteiger partial charge in [-0.15, -0.1) is 0 Å². The van der Waals surface area contributed by atoms with Crippen LogP contribution in [-0.4, -0.2) is 20.9 Å². The van der Waals surface area contributed by atoms with Crippen LogP contribution in [0.25, 0.3) is 10.9 Å². The first-order valence-corrected chi connectivity index (χ1v) is 8.54. The third-order valence-corrected chi connectivity index (χ3v) is 4.12. The van der Waals surface area contributed by atoms with Crippen molar-refractivity contribution in [2.24, 2.45) is 0 Å². The summed E-state index contributed by atoms with van der Waals surface area (Å²) in [7, 11) is 0. The second-order valence-corrected chi connectivity index (χ2v) is 5.95. The molecule has 2 heterocycles. The third kappa shape index (κ3) is 3.90. The molecule has 132 valence electrons. The van der Waals surface area contributed by atoms with Crippen molar-refractivity contribution < 1.29 is 4.79 Å². The van der Waals surface area contributed by atoms with Gasteiger partial charge in [0, 0.05) is 29.9 Å². The summed E-state index contributed by atoms with van der Waals surface area (Å²) >= 11 is 0. The fourth-order valence-electron chi connectivity index (χ4n) is 2.79. The summed E-state index contributed by atoms with van der Waals surface area (Å²) in [6.45, 7) is 0.396. The van der Waals surface area contributed by atoms with Gasteiger partial charge in [0.05, 0.1) is 5.52 Å². The topological polar surface area (TPSA) is 79.8 Å². The molecular weight excluding hydrogens is 338 g/mol. The predicted octanol–water partition coefficient (Wildman–Crippen LogP) is 3.70. The minimum absolute atomic E-state index is 0.255. The van der Waals surface area contributed by atoms with Crippen LogP contribution < -0.4 is 10.6 Å². The van der Waals surface area contributed by atoms with Crippen molar-refractivity contribution in [3.8, 4) is 0 Å². The maximum atomic E-state index is 12.5. The number of pyridine rings is 1. The van der Waals surface area contributed by atoms with Crippen LogP contribution in [0.4, 0.5) is 11.5 Å². The average Bonchev–Trinajstić information content (AvgIpc) is 2.73. The zero-order valence-electron chi connectivity index (χ0n) is 14.5. The lowest BCUT2D eigenvalue weighted by Crippen LogP contribution is -2.24. The molecule has 6 nitrogen and oxygen atoms in total. The number of hydrogen-bond donors (Lipinski definition) is 2. The molecule has 1 amide bonds. The minimum Gasteiger partial charge on any atom is -0.347 e. The van der Waals surface area contributed by atoms with Crippen LogP contribution in [0.5, 0.6) is 0 Å². The molecule has 0 bridgehead atoms. The summed E-state index contributed by atoms with van der Waals surface area (Å²) in [6, 6.07) is 21.0. The molecule has 0 atom stereocenters. The highest BCUT2D eigenvalue weighted by Crippen LogP contribution is 2.16. The van der Waals surface area contributed by atoms with Gasteiger partial charge in [0.15, 0.2) is 0 Å². The van der Waals surface area contributed by atoms with Crippen LogP contribution in [-0.2, 0) is 6.54 Å². The molecule has 0 spiro atoms. The number of amides is 1. The second kappa shape index (κ2) is 7.61. The van der Waals surface area contributed by atoms with Crippen LogP contribution in [0, 0.1) is 0 Å². The number of aromatic nitrogens is 3. The number of carbonyl (C=O) groups excluding carboxylic acids is 1. The van der Waals surface area contributed by atoms with Crippen LogP contribution >= 0.6 is 0 Å². The Balaban J connectivity index is 1.47. The molecule has 0 saturated carbocycles. The highest BCUT2D eigenvalue weighted by atomic mass is 16.1. The number of para-hydroxylation sites is 2. The molecule has 2 N–H and O–H groups in total. The largest absolute Gasteiger partial charge is 0.347 e. The molecule has 2 aromatic heterocycles. The quantitative estimate of drug-likeness (QED) is 0.571. The van der Waals surface area contributed by atoms with Gasteiger partial charge in [0.25, 0.3) is 5.91 Å². The maximum absolute atomic E-state index is 12.5. The van der Waals surface area contributed by atoms with E-state index in [4.69, 9.17) is 0 Å². The standard InChI is InChI=1S/C21H17N5O/c27-21(23-13-15-10-11-22-18-9-5-4-8-17(15)18)19-12-20(25-14-24-19)26-16-6-2-1-3-7-16/h1-12,14H,13H2,(H,23,27)(H,24,25,26). The van der Waals surface area contributed by atoms with Crippen molar-refractivity contribution in [2.75, 3.05) is 5.32 Å². The first kappa shape index (κ1) is 16.7. The summed E-state index contributed by atoms with van der Waals surface area (Å²) in [4.78, 5) is 25.1. The SMILES string of the molecule is O=C(NCc1ccnc2ccccc12)c1cc(Nc2ccccc2)ncn1. The van der Waals surface area contributed by atoms with Crippen LogP contribution in [0.2, 0.25) is 0 Å². The Hall–Kier alpha value is -3.80. The fourth-order valence-corrected chi connectivity index (χ4v) is 2.79. The first-order chi connectivity index (χ1) is 13.3. The number of nitrogens with one attached hydrogen (secondary N) is 2. The second-order valence-electron chi connectivity index (χ2n) is 5.95. The third-order valence-electron chi connectivity index (χ3n) is 4.12.